The number of hydrogen-bond donors (Lipinski definition) is 1. The van der Waals surface area contributed by atoms with Gasteiger partial charge in [-0.05, 0) is 48.4 Å². The van der Waals surface area contributed by atoms with Crippen LogP contribution in [0.15, 0.2) is 84.0 Å². The van der Waals surface area contributed by atoms with E-state index in [0.717, 1.165) is 16.9 Å². The zero-order chi connectivity index (χ0) is 21.4. The van der Waals surface area contributed by atoms with Gasteiger partial charge < -0.3 is 9.72 Å². The van der Waals surface area contributed by atoms with Gasteiger partial charge in [0.25, 0.3) is 15.9 Å². The first kappa shape index (κ1) is 19.3. The Morgan fingerprint density at radius 2 is 1.87 bits per heavy atom. The van der Waals surface area contributed by atoms with E-state index in [9.17, 15) is 13.2 Å². The summed E-state index contributed by atoms with van der Waals surface area (Å²) in [6, 6.07) is 19.3. The molecular formula is C23H20N4O3S. The molecule has 0 saturated heterocycles. The highest BCUT2D eigenvalue weighted by molar-refractivity contribution is 7.92. The van der Waals surface area contributed by atoms with Crippen LogP contribution in [-0.4, -0.2) is 30.3 Å². The minimum atomic E-state index is -3.75. The molecule has 2 aromatic carbocycles. The van der Waals surface area contributed by atoms with E-state index in [1.165, 1.54) is 16.4 Å². The number of para-hydroxylation sites is 1. The van der Waals surface area contributed by atoms with Crippen molar-refractivity contribution in [1.29, 1.82) is 0 Å². The van der Waals surface area contributed by atoms with Gasteiger partial charge in [0, 0.05) is 24.5 Å². The van der Waals surface area contributed by atoms with Gasteiger partial charge in [-0.25, -0.2) is 13.4 Å². The lowest BCUT2D eigenvalue weighted by molar-refractivity contribution is 0.0950. The number of benzene rings is 2. The second-order valence-corrected chi connectivity index (χ2v) is 9.23. The Hall–Kier alpha value is -3.65. The standard InChI is InChI=1S/C23H20N4O3S/c28-23(24-15-19-16-26-12-4-3-10-22(26)25-19)18-7-5-8-20(14-18)31(29,30)27-13-11-17-6-1-2-9-21(17)27/h1-10,12,14,16H,11,13,15H2,(H,24,28). The predicted octanol–water partition coefficient (Wildman–Crippen LogP) is 3.02. The zero-order valence-corrected chi connectivity index (χ0v) is 17.4. The van der Waals surface area contributed by atoms with Crippen LogP contribution in [0.3, 0.4) is 0 Å². The zero-order valence-electron chi connectivity index (χ0n) is 16.6. The first-order valence-corrected chi connectivity index (χ1v) is 11.4. The largest absolute Gasteiger partial charge is 0.346 e. The van der Waals surface area contributed by atoms with Crippen LogP contribution in [0.25, 0.3) is 5.65 Å². The number of pyridine rings is 1. The number of nitrogens with zero attached hydrogens (tertiary/aromatic N) is 3. The van der Waals surface area contributed by atoms with Crippen molar-refractivity contribution in [3.8, 4) is 0 Å². The number of fused-ring (bicyclic) bond motifs is 2. The number of imidazole rings is 1. The van der Waals surface area contributed by atoms with E-state index in [1.54, 1.807) is 12.1 Å². The molecule has 1 aliphatic rings. The first-order valence-electron chi connectivity index (χ1n) is 9.94. The summed E-state index contributed by atoms with van der Waals surface area (Å²) in [7, 11) is -3.75. The molecule has 0 fully saturated rings. The highest BCUT2D eigenvalue weighted by atomic mass is 32.2. The molecule has 5 rings (SSSR count). The SMILES string of the molecule is O=C(NCc1cn2ccccc2n1)c1cccc(S(=O)(=O)N2CCc3ccccc32)c1. The van der Waals surface area contributed by atoms with Gasteiger partial charge in [0.1, 0.15) is 5.65 Å². The summed E-state index contributed by atoms with van der Waals surface area (Å²) in [6.45, 7) is 0.642. The van der Waals surface area contributed by atoms with Gasteiger partial charge in [-0.3, -0.25) is 9.10 Å². The van der Waals surface area contributed by atoms with Gasteiger partial charge in [-0.15, -0.1) is 0 Å². The van der Waals surface area contributed by atoms with Crippen molar-refractivity contribution in [3.63, 3.8) is 0 Å². The summed E-state index contributed by atoms with van der Waals surface area (Å²) >= 11 is 0. The van der Waals surface area contributed by atoms with Gasteiger partial charge in [0.2, 0.25) is 0 Å². The van der Waals surface area contributed by atoms with E-state index in [1.807, 2.05) is 59.3 Å². The number of rotatable bonds is 5. The number of aromatic nitrogens is 2. The van der Waals surface area contributed by atoms with Gasteiger partial charge >= 0.3 is 0 Å². The maximum absolute atomic E-state index is 13.2. The molecule has 0 radical (unpaired) electrons. The Balaban J connectivity index is 1.35. The normalized spacial score (nSPS) is 13.4. The third kappa shape index (κ3) is 3.55. The monoisotopic (exact) mass is 432 g/mol. The molecule has 1 aliphatic heterocycles. The van der Waals surface area contributed by atoms with Gasteiger partial charge in [0.05, 0.1) is 22.8 Å². The summed E-state index contributed by atoms with van der Waals surface area (Å²) in [5, 5.41) is 2.82. The number of anilines is 1. The second-order valence-electron chi connectivity index (χ2n) is 7.36. The molecule has 4 aromatic rings. The molecule has 0 aliphatic carbocycles. The molecule has 0 saturated carbocycles. The van der Waals surface area contributed by atoms with Crippen LogP contribution in [-0.2, 0) is 23.0 Å². The summed E-state index contributed by atoms with van der Waals surface area (Å²) < 4.78 is 29.8. The molecule has 0 bridgehead atoms. The Labute approximate surface area is 180 Å². The van der Waals surface area contributed by atoms with E-state index >= 15 is 0 Å². The Kier molecular flexibility index (Phi) is 4.71. The lowest BCUT2D eigenvalue weighted by atomic mass is 10.2. The highest BCUT2D eigenvalue weighted by Crippen LogP contribution is 2.32. The number of carbonyl (C=O) groups excluding carboxylic acids is 1. The molecule has 0 unspecified atom stereocenters. The van der Waals surface area contributed by atoms with Crippen molar-refractivity contribution in [1.82, 2.24) is 14.7 Å². The summed E-state index contributed by atoms with van der Waals surface area (Å²) in [5.74, 6) is -0.351. The van der Waals surface area contributed by atoms with Crippen LogP contribution in [0, 0.1) is 0 Å². The topological polar surface area (TPSA) is 83.8 Å². The van der Waals surface area contributed by atoms with Gasteiger partial charge in [-0.2, -0.15) is 0 Å². The third-order valence-corrected chi connectivity index (χ3v) is 7.18. The Morgan fingerprint density at radius 1 is 1.03 bits per heavy atom. The van der Waals surface area contributed by atoms with Crippen LogP contribution in [0.1, 0.15) is 21.6 Å². The fraction of sp³-hybridized carbons (Fsp3) is 0.130. The number of hydrogen-bond acceptors (Lipinski definition) is 4. The van der Waals surface area contributed by atoms with Crippen molar-refractivity contribution >= 4 is 27.3 Å². The fourth-order valence-electron chi connectivity index (χ4n) is 3.83. The highest BCUT2D eigenvalue weighted by Gasteiger charge is 2.30. The Bertz CT molecular complexity index is 1360. The molecule has 156 valence electrons. The van der Waals surface area contributed by atoms with Crippen molar-refractivity contribution in [2.75, 3.05) is 10.8 Å². The average molecular weight is 433 g/mol. The number of carbonyl (C=O) groups is 1. The van der Waals surface area contributed by atoms with E-state index in [0.29, 0.717) is 18.7 Å². The van der Waals surface area contributed by atoms with Crippen molar-refractivity contribution < 1.29 is 13.2 Å². The van der Waals surface area contributed by atoms with Crippen molar-refractivity contribution in [2.24, 2.45) is 0 Å². The molecule has 8 heteroatoms. The van der Waals surface area contributed by atoms with Crippen LogP contribution < -0.4 is 9.62 Å². The number of sulfonamides is 1. The fourth-order valence-corrected chi connectivity index (χ4v) is 5.38. The molecular weight excluding hydrogens is 412 g/mol. The smallest absolute Gasteiger partial charge is 0.264 e. The van der Waals surface area contributed by atoms with Crippen LogP contribution in [0.5, 0.6) is 0 Å². The molecule has 0 spiro atoms. The predicted molar refractivity (Wildman–Crippen MR) is 117 cm³/mol. The molecule has 1 N–H and O–H groups in total. The van der Waals surface area contributed by atoms with Crippen LogP contribution in [0.2, 0.25) is 0 Å². The quantitative estimate of drug-likeness (QED) is 0.526. The molecule has 7 nitrogen and oxygen atoms in total. The summed E-state index contributed by atoms with van der Waals surface area (Å²) in [4.78, 5) is 17.2. The van der Waals surface area contributed by atoms with Crippen molar-refractivity contribution in [2.45, 2.75) is 17.9 Å². The molecule has 31 heavy (non-hydrogen) atoms. The minimum absolute atomic E-state index is 0.101. The maximum atomic E-state index is 13.2. The molecule has 1 amide bonds. The van der Waals surface area contributed by atoms with E-state index in [2.05, 4.69) is 10.3 Å². The first-order chi connectivity index (χ1) is 15.0. The molecule has 3 heterocycles. The molecule has 2 aromatic heterocycles. The number of nitrogens with one attached hydrogen (secondary N) is 1. The minimum Gasteiger partial charge on any atom is -0.346 e. The van der Waals surface area contributed by atoms with Crippen LogP contribution in [0.4, 0.5) is 5.69 Å². The molecule has 0 atom stereocenters. The van der Waals surface area contributed by atoms with Gasteiger partial charge in [-0.1, -0.05) is 30.3 Å². The lowest BCUT2D eigenvalue weighted by Gasteiger charge is -2.20. The average Bonchev–Trinajstić information content (AvgIpc) is 3.41. The summed E-state index contributed by atoms with van der Waals surface area (Å²) in [5.41, 5.74) is 3.51. The maximum Gasteiger partial charge on any atom is 0.264 e. The van der Waals surface area contributed by atoms with E-state index < -0.39 is 10.0 Å². The van der Waals surface area contributed by atoms with Crippen LogP contribution >= 0.6 is 0 Å². The third-order valence-electron chi connectivity index (χ3n) is 5.37. The van der Waals surface area contributed by atoms with Crippen molar-refractivity contribution in [3.05, 3.63) is 95.9 Å². The Morgan fingerprint density at radius 3 is 2.74 bits per heavy atom. The van der Waals surface area contributed by atoms with E-state index in [4.69, 9.17) is 0 Å². The second kappa shape index (κ2) is 7.55. The number of amides is 1. The lowest BCUT2D eigenvalue weighted by Crippen LogP contribution is -2.29. The summed E-state index contributed by atoms with van der Waals surface area (Å²) in [6.07, 6.45) is 4.41. The van der Waals surface area contributed by atoms with Gasteiger partial charge in [0.15, 0.2) is 0 Å². The van der Waals surface area contributed by atoms with E-state index in [-0.39, 0.29) is 22.9 Å².